The van der Waals surface area contributed by atoms with Gasteiger partial charge >= 0.3 is 0 Å². The van der Waals surface area contributed by atoms with Gasteiger partial charge in [-0.3, -0.25) is 4.79 Å². The Kier molecular flexibility index (Phi) is 3.19. The molecule has 1 aliphatic heterocycles. The van der Waals surface area contributed by atoms with Crippen molar-refractivity contribution in [3.63, 3.8) is 0 Å². The molecule has 17 heavy (non-hydrogen) atoms. The summed E-state index contributed by atoms with van der Waals surface area (Å²) in [6.45, 7) is 1.28. The van der Waals surface area contributed by atoms with E-state index >= 15 is 0 Å². The normalized spacial score (nSPS) is 20.3. The first kappa shape index (κ1) is 11.7. The number of nitrogen functional groups attached to an aromatic ring is 1. The van der Waals surface area contributed by atoms with Crippen LogP contribution in [0.5, 0.6) is 0 Å². The summed E-state index contributed by atoms with van der Waals surface area (Å²) < 4.78 is 0. The van der Waals surface area contributed by atoms with Crippen LogP contribution < -0.4 is 16.4 Å². The van der Waals surface area contributed by atoms with Crippen molar-refractivity contribution >= 4 is 17.3 Å². The molecule has 1 fully saturated rings. The van der Waals surface area contributed by atoms with Crippen molar-refractivity contribution in [2.45, 2.75) is 18.9 Å². The zero-order valence-corrected chi connectivity index (χ0v) is 9.60. The standard InChI is InChI=1S/C12H17N3O2/c13-10-5-1-4-9(12(14)17)11(10)15-6-2-3-8(16)7-15/h1,4-5,8,16H,2-3,6-7,13H2,(H2,14,17). The number of carbonyl (C=O) groups excluding carboxylic acids is 1. The highest BCUT2D eigenvalue weighted by atomic mass is 16.3. The molecule has 0 saturated carbocycles. The van der Waals surface area contributed by atoms with Crippen LogP contribution in [0.15, 0.2) is 18.2 Å². The number of hydrogen-bond donors (Lipinski definition) is 3. The molecular weight excluding hydrogens is 218 g/mol. The highest BCUT2D eigenvalue weighted by molar-refractivity contribution is 6.01. The van der Waals surface area contributed by atoms with Crippen LogP contribution >= 0.6 is 0 Å². The van der Waals surface area contributed by atoms with Crippen LogP contribution in [0.3, 0.4) is 0 Å². The van der Waals surface area contributed by atoms with E-state index in [9.17, 15) is 9.90 Å². The maximum absolute atomic E-state index is 11.4. The van der Waals surface area contributed by atoms with E-state index in [2.05, 4.69) is 0 Å². The second-order valence-corrected chi connectivity index (χ2v) is 4.35. The molecule has 2 rings (SSSR count). The lowest BCUT2D eigenvalue weighted by atomic mass is 10.0. The number of benzene rings is 1. The van der Waals surface area contributed by atoms with Crippen molar-refractivity contribution in [2.24, 2.45) is 5.73 Å². The molecule has 1 amide bonds. The highest BCUT2D eigenvalue weighted by Gasteiger charge is 2.23. The first-order valence-corrected chi connectivity index (χ1v) is 5.71. The number of rotatable bonds is 2. The van der Waals surface area contributed by atoms with E-state index in [4.69, 9.17) is 11.5 Å². The van der Waals surface area contributed by atoms with Gasteiger partial charge in [0.15, 0.2) is 0 Å². The minimum absolute atomic E-state index is 0.371. The summed E-state index contributed by atoms with van der Waals surface area (Å²) in [4.78, 5) is 13.3. The minimum Gasteiger partial charge on any atom is -0.397 e. The first-order chi connectivity index (χ1) is 8.09. The largest absolute Gasteiger partial charge is 0.397 e. The fourth-order valence-corrected chi connectivity index (χ4v) is 2.27. The number of aliphatic hydroxyl groups excluding tert-OH is 1. The van der Waals surface area contributed by atoms with Gasteiger partial charge in [0.1, 0.15) is 0 Å². The number of para-hydroxylation sites is 1. The van der Waals surface area contributed by atoms with Crippen LogP contribution in [0.2, 0.25) is 0 Å². The second kappa shape index (κ2) is 4.63. The van der Waals surface area contributed by atoms with Crippen molar-refractivity contribution < 1.29 is 9.90 Å². The molecule has 0 spiro atoms. The van der Waals surface area contributed by atoms with E-state index in [0.29, 0.717) is 23.5 Å². The fraction of sp³-hybridized carbons (Fsp3) is 0.417. The summed E-state index contributed by atoms with van der Waals surface area (Å²) >= 11 is 0. The van der Waals surface area contributed by atoms with Gasteiger partial charge in [-0.1, -0.05) is 6.07 Å². The number of nitrogens with two attached hydrogens (primary N) is 2. The molecule has 1 aliphatic rings. The summed E-state index contributed by atoms with van der Waals surface area (Å²) in [6.07, 6.45) is 1.30. The summed E-state index contributed by atoms with van der Waals surface area (Å²) in [6, 6.07) is 5.11. The number of amides is 1. The fourth-order valence-electron chi connectivity index (χ4n) is 2.27. The monoisotopic (exact) mass is 235 g/mol. The SMILES string of the molecule is NC(=O)c1cccc(N)c1N1CCCC(O)C1. The molecule has 0 aliphatic carbocycles. The predicted octanol–water partition coefficient (Wildman–Crippen LogP) is 0.329. The van der Waals surface area contributed by atoms with E-state index in [1.54, 1.807) is 18.2 Å². The number of aliphatic hydroxyl groups is 1. The zero-order chi connectivity index (χ0) is 12.4. The van der Waals surface area contributed by atoms with E-state index in [0.717, 1.165) is 19.4 Å². The molecule has 1 saturated heterocycles. The number of hydrogen-bond acceptors (Lipinski definition) is 4. The average Bonchev–Trinajstić information content (AvgIpc) is 2.28. The summed E-state index contributed by atoms with van der Waals surface area (Å²) in [5, 5.41) is 9.66. The van der Waals surface area contributed by atoms with Crippen molar-refractivity contribution in [3.8, 4) is 0 Å². The molecule has 5 nitrogen and oxygen atoms in total. The molecular formula is C12H17N3O2. The smallest absolute Gasteiger partial charge is 0.250 e. The Morgan fingerprint density at radius 3 is 2.88 bits per heavy atom. The van der Waals surface area contributed by atoms with Crippen LogP contribution in [0, 0.1) is 0 Å². The van der Waals surface area contributed by atoms with Crippen LogP contribution in [-0.4, -0.2) is 30.2 Å². The molecule has 0 aromatic heterocycles. The summed E-state index contributed by atoms with van der Waals surface area (Å²) in [7, 11) is 0. The quantitative estimate of drug-likeness (QED) is 0.644. The van der Waals surface area contributed by atoms with Gasteiger partial charge in [-0.05, 0) is 25.0 Å². The van der Waals surface area contributed by atoms with Crippen LogP contribution in [0.1, 0.15) is 23.2 Å². The average molecular weight is 235 g/mol. The number of carbonyl (C=O) groups is 1. The van der Waals surface area contributed by atoms with E-state index in [-0.39, 0.29) is 6.10 Å². The third kappa shape index (κ3) is 2.34. The lowest BCUT2D eigenvalue weighted by Gasteiger charge is -2.33. The third-order valence-electron chi connectivity index (χ3n) is 3.05. The van der Waals surface area contributed by atoms with Gasteiger partial charge in [0, 0.05) is 13.1 Å². The Labute approximate surface area is 100 Å². The molecule has 1 aromatic carbocycles. The zero-order valence-electron chi connectivity index (χ0n) is 9.60. The van der Waals surface area contributed by atoms with Gasteiger partial charge in [0.25, 0.3) is 5.91 Å². The Balaban J connectivity index is 2.39. The van der Waals surface area contributed by atoms with Gasteiger partial charge in [0.2, 0.25) is 0 Å². The topological polar surface area (TPSA) is 92.6 Å². The van der Waals surface area contributed by atoms with Crippen LogP contribution in [0.25, 0.3) is 0 Å². The Hall–Kier alpha value is -1.75. The Bertz CT molecular complexity index is 434. The maximum Gasteiger partial charge on any atom is 0.250 e. The van der Waals surface area contributed by atoms with Crippen molar-refractivity contribution in [2.75, 3.05) is 23.7 Å². The molecule has 0 bridgehead atoms. The molecule has 0 radical (unpaired) electrons. The molecule has 1 aromatic rings. The van der Waals surface area contributed by atoms with Crippen LogP contribution in [0.4, 0.5) is 11.4 Å². The number of anilines is 2. The second-order valence-electron chi connectivity index (χ2n) is 4.35. The molecule has 92 valence electrons. The minimum atomic E-state index is -0.493. The molecule has 5 heteroatoms. The third-order valence-corrected chi connectivity index (χ3v) is 3.05. The van der Waals surface area contributed by atoms with Crippen molar-refractivity contribution in [3.05, 3.63) is 23.8 Å². The Morgan fingerprint density at radius 2 is 2.24 bits per heavy atom. The summed E-state index contributed by atoms with van der Waals surface area (Å²) in [5.74, 6) is -0.493. The molecule has 5 N–H and O–H groups in total. The van der Waals surface area contributed by atoms with Gasteiger partial charge in [-0.15, -0.1) is 0 Å². The molecule has 1 atom stereocenters. The lowest BCUT2D eigenvalue weighted by molar-refractivity contribution is 0.1000. The van der Waals surface area contributed by atoms with E-state index in [1.165, 1.54) is 0 Å². The predicted molar refractivity (Wildman–Crippen MR) is 66.8 cm³/mol. The van der Waals surface area contributed by atoms with Gasteiger partial charge < -0.3 is 21.5 Å². The number of β-amino-alcohol motifs (C(OH)–C–C–N with tert-alkyl or cyclic N) is 1. The number of primary amides is 1. The van der Waals surface area contributed by atoms with Gasteiger partial charge in [-0.2, -0.15) is 0 Å². The number of piperidine rings is 1. The first-order valence-electron chi connectivity index (χ1n) is 5.71. The van der Waals surface area contributed by atoms with Gasteiger partial charge in [-0.25, -0.2) is 0 Å². The Morgan fingerprint density at radius 1 is 1.47 bits per heavy atom. The lowest BCUT2D eigenvalue weighted by Crippen LogP contribution is -2.39. The maximum atomic E-state index is 11.4. The summed E-state index contributed by atoms with van der Waals surface area (Å²) in [5.41, 5.74) is 12.8. The van der Waals surface area contributed by atoms with E-state index < -0.39 is 5.91 Å². The number of nitrogens with zero attached hydrogens (tertiary/aromatic N) is 1. The van der Waals surface area contributed by atoms with Crippen LogP contribution in [-0.2, 0) is 0 Å². The van der Waals surface area contributed by atoms with E-state index in [1.807, 2.05) is 4.90 Å². The van der Waals surface area contributed by atoms with Crippen molar-refractivity contribution in [1.82, 2.24) is 0 Å². The highest BCUT2D eigenvalue weighted by Crippen LogP contribution is 2.30. The van der Waals surface area contributed by atoms with Crippen molar-refractivity contribution in [1.29, 1.82) is 0 Å². The molecule has 1 heterocycles. The van der Waals surface area contributed by atoms with Gasteiger partial charge in [0.05, 0.1) is 23.0 Å². The molecule has 1 unspecified atom stereocenters.